The van der Waals surface area contributed by atoms with Crippen molar-refractivity contribution in [2.24, 2.45) is 11.7 Å². The van der Waals surface area contributed by atoms with Crippen LogP contribution in [-0.4, -0.2) is 6.54 Å². The van der Waals surface area contributed by atoms with E-state index in [1.807, 2.05) is 0 Å². The highest BCUT2D eigenvalue weighted by molar-refractivity contribution is 4.76. The Morgan fingerprint density at radius 1 is 1.33 bits per heavy atom. The molecule has 0 aromatic heterocycles. The minimum absolute atomic E-state index is 0.880. The molecule has 1 saturated carbocycles. The van der Waals surface area contributed by atoms with E-state index in [0.717, 1.165) is 12.5 Å². The summed E-state index contributed by atoms with van der Waals surface area (Å²) in [6.45, 7) is 0.880. The first kappa shape index (κ1) is 7.07. The van der Waals surface area contributed by atoms with Crippen molar-refractivity contribution in [3.63, 3.8) is 0 Å². The Kier molecular flexibility index (Phi) is 3.05. The second-order valence-electron chi connectivity index (χ2n) is 2.89. The van der Waals surface area contributed by atoms with Crippen LogP contribution in [0, 0.1) is 12.3 Å². The third-order valence-electron chi connectivity index (χ3n) is 2.13. The third kappa shape index (κ3) is 2.35. The van der Waals surface area contributed by atoms with Crippen molar-refractivity contribution in [3.05, 3.63) is 6.42 Å². The summed E-state index contributed by atoms with van der Waals surface area (Å²) in [7, 11) is 0. The fraction of sp³-hybridized carbons (Fsp3) is 0.875. The average Bonchev–Trinajstić information content (AvgIpc) is 1.91. The van der Waals surface area contributed by atoms with Crippen molar-refractivity contribution in [1.29, 1.82) is 0 Å². The lowest BCUT2D eigenvalue weighted by molar-refractivity contribution is 0.385. The molecule has 0 saturated heterocycles. The van der Waals surface area contributed by atoms with Crippen LogP contribution in [0.25, 0.3) is 0 Å². The third-order valence-corrected chi connectivity index (χ3v) is 2.13. The minimum Gasteiger partial charge on any atom is -0.330 e. The molecular formula is C8H16N. The Bertz CT molecular complexity index is 62.2. The van der Waals surface area contributed by atoms with Gasteiger partial charge < -0.3 is 5.73 Å². The summed E-state index contributed by atoms with van der Waals surface area (Å²) in [6.07, 6.45) is 9.06. The molecule has 0 heterocycles. The Labute approximate surface area is 57.6 Å². The zero-order valence-corrected chi connectivity index (χ0v) is 5.97. The second-order valence-corrected chi connectivity index (χ2v) is 2.89. The highest BCUT2D eigenvalue weighted by Gasteiger charge is 2.11. The summed E-state index contributed by atoms with van der Waals surface area (Å²) in [5.74, 6) is 0.944. The average molecular weight is 126 g/mol. The fourth-order valence-electron chi connectivity index (χ4n) is 1.52. The lowest BCUT2D eigenvalue weighted by Crippen LogP contribution is -2.11. The van der Waals surface area contributed by atoms with Gasteiger partial charge in [-0.3, -0.25) is 0 Å². The van der Waals surface area contributed by atoms with Crippen molar-refractivity contribution >= 4 is 0 Å². The number of nitrogens with two attached hydrogens (primary N) is 1. The van der Waals surface area contributed by atoms with Gasteiger partial charge in [0.05, 0.1) is 0 Å². The van der Waals surface area contributed by atoms with Crippen molar-refractivity contribution in [2.45, 2.75) is 32.1 Å². The van der Waals surface area contributed by atoms with Crippen molar-refractivity contribution in [1.82, 2.24) is 0 Å². The predicted molar refractivity (Wildman–Crippen MR) is 39.9 cm³/mol. The first-order chi connectivity index (χ1) is 4.43. The van der Waals surface area contributed by atoms with Crippen LogP contribution < -0.4 is 5.73 Å². The predicted octanol–water partition coefficient (Wildman–Crippen LogP) is 1.73. The molecule has 0 aromatic rings. The molecule has 1 aliphatic carbocycles. The van der Waals surface area contributed by atoms with Gasteiger partial charge in [0.2, 0.25) is 0 Å². The van der Waals surface area contributed by atoms with Gasteiger partial charge in [-0.25, -0.2) is 0 Å². The van der Waals surface area contributed by atoms with Gasteiger partial charge in [-0.15, -0.1) is 0 Å². The van der Waals surface area contributed by atoms with E-state index in [0.29, 0.717) is 0 Å². The summed E-state index contributed by atoms with van der Waals surface area (Å²) in [6, 6.07) is 0. The maximum absolute atomic E-state index is 5.45. The van der Waals surface area contributed by atoms with E-state index in [2.05, 4.69) is 6.42 Å². The van der Waals surface area contributed by atoms with E-state index >= 15 is 0 Å². The monoisotopic (exact) mass is 126 g/mol. The van der Waals surface area contributed by atoms with Gasteiger partial charge in [-0.1, -0.05) is 12.8 Å². The lowest BCUT2D eigenvalue weighted by Gasteiger charge is -2.19. The largest absolute Gasteiger partial charge is 0.330 e. The first-order valence-corrected chi connectivity index (χ1v) is 3.95. The molecule has 1 nitrogen and oxygen atoms in total. The van der Waals surface area contributed by atoms with E-state index in [4.69, 9.17) is 5.73 Å². The Morgan fingerprint density at radius 3 is 2.56 bits per heavy atom. The lowest BCUT2D eigenvalue weighted by atomic mass is 9.87. The number of rotatable bonds is 2. The summed E-state index contributed by atoms with van der Waals surface area (Å²) < 4.78 is 0. The summed E-state index contributed by atoms with van der Waals surface area (Å²) in [5.41, 5.74) is 5.45. The van der Waals surface area contributed by atoms with E-state index in [1.165, 1.54) is 32.1 Å². The van der Waals surface area contributed by atoms with Gasteiger partial charge in [-0.2, -0.15) is 0 Å². The van der Waals surface area contributed by atoms with Gasteiger partial charge in [0.15, 0.2) is 0 Å². The Hall–Kier alpha value is -0.0400. The molecule has 0 atom stereocenters. The molecule has 1 rings (SSSR count). The van der Waals surface area contributed by atoms with Crippen LogP contribution in [-0.2, 0) is 0 Å². The van der Waals surface area contributed by atoms with Crippen LogP contribution >= 0.6 is 0 Å². The van der Waals surface area contributed by atoms with Crippen molar-refractivity contribution in [2.75, 3.05) is 6.54 Å². The van der Waals surface area contributed by atoms with Crippen molar-refractivity contribution in [3.8, 4) is 0 Å². The van der Waals surface area contributed by atoms with E-state index in [1.54, 1.807) is 0 Å². The molecule has 0 aliphatic heterocycles. The molecule has 1 fully saturated rings. The quantitative estimate of drug-likeness (QED) is 0.599. The van der Waals surface area contributed by atoms with Crippen LogP contribution in [0.2, 0.25) is 0 Å². The molecular weight excluding hydrogens is 110 g/mol. The summed E-state index contributed by atoms with van der Waals surface area (Å²) >= 11 is 0. The normalized spacial score (nSPS) is 22.3. The van der Waals surface area contributed by atoms with E-state index in [9.17, 15) is 0 Å². The van der Waals surface area contributed by atoms with Crippen LogP contribution in [0.3, 0.4) is 0 Å². The molecule has 9 heavy (non-hydrogen) atoms. The van der Waals surface area contributed by atoms with Gasteiger partial charge in [0.25, 0.3) is 0 Å². The molecule has 53 valence electrons. The van der Waals surface area contributed by atoms with Crippen LogP contribution in [0.1, 0.15) is 32.1 Å². The van der Waals surface area contributed by atoms with E-state index < -0.39 is 0 Å². The maximum atomic E-state index is 5.45. The molecule has 2 N–H and O–H groups in total. The zero-order valence-electron chi connectivity index (χ0n) is 5.97. The Morgan fingerprint density at radius 2 is 2.00 bits per heavy atom. The molecule has 1 heteroatoms. The molecule has 0 aromatic carbocycles. The smallest absolute Gasteiger partial charge is 0.00746 e. The molecule has 0 spiro atoms. The first-order valence-electron chi connectivity index (χ1n) is 3.95. The van der Waals surface area contributed by atoms with Gasteiger partial charge in [0, 0.05) is 0 Å². The molecule has 1 aliphatic rings. The summed E-state index contributed by atoms with van der Waals surface area (Å²) in [5, 5.41) is 0. The van der Waals surface area contributed by atoms with Gasteiger partial charge in [0.1, 0.15) is 0 Å². The number of hydrogen-bond donors (Lipinski definition) is 1. The maximum Gasteiger partial charge on any atom is -0.00746 e. The molecule has 0 unspecified atom stereocenters. The standard InChI is InChI=1S/C8H16N/c9-7-6-8-4-2-1-3-5-8/h1,8H,2-7,9H2. The van der Waals surface area contributed by atoms with Crippen LogP contribution in [0.5, 0.6) is 0 Å². The highest BCUT2D eigenvalue weighted by Crippen LogP contribution is 2.24. The zero-order chi connectivity index (χ0) is 6.53. The minimum atomic E-state index is 0.880. The van der Waals surface area contributed by atoms with Gasteiger partial charge in [-0.05, 0) is 38.1 Å². The second kappa shape index (κ2) is 3.89. The SMILES string of the molecule is NCCC1CC[CH]CC1. The summed E-state index contributed by atoms with van der Waals surface area (Å²) in [4.78, 5) is 0. The van der Waals surface area contributed by atoms with Crippen LogP contribution in [0.4, 0.5) is 0 Å². The Balaban J connectivity index is 2.08. The van der Waals surface area contributed by atoms with E-state index in [-0.39, 0.29) is 0 Å². The molecule has 0 bridgehead atoms. The van der Waals surface area contributed by atoms with Crippen molar-refractivity contribution < 1.29 is 0 Å². The molecule has 0 amide bonds. The fourth-order valence-corrected chi connectivity index (χ4v) is 1.52. The van der Waals surface area contributed by atoms with Crippen LogP contribution in [0.15, 0.2) is 0 Å². The van der Waals surface area contributed by atoms with Gasteiger partial charge >= 0.3 is 0 Å². The topological polar surface area (TPSA) is 26.0 Å². The highest BCUT2D eigenvalue weighted by atomic mass is 14.5. The molecule has 1 radical (unpaired) electrons. The number of hydrogen-bond acceptors (Lipinski definition) is 1.